The van der Waals surface area contributed by atoms with Crippen LogP contribution in [0.25, 0.3) is 22.2 Å². The van der Waals surface area contributed by atoms with Gasteiger partial charge < -0.3 is 4.42 Å². The van der Waals surface area contributed by atoms with Gasteiger partial charge in [0.05, 0.1) is 12.2 Å². The fraction of sp³-hybridized carbons (Fsp3) is 0.174. The normalized spacial score (nSPS) is 12.3. The second-order valence-corrected chi connectivity index (χ2v) is 7.65. The van der Waals surface area contributed by atoms with Gasteiger partial charge in [0.2, 0.25) is 5.58 Å². The maximum Gasteiger partial charge on any atom is 0.344 e. The van der Waals surface area contributed by atoms with Crippen molar-refractivity contribution in [2.75, 3.05) is 0 Å². The molecule has 0 fully saturated rings. The van der Waals surface area contributed by atoms with Crippen LogP contribution in [0.15, 0.2) is 83.3 Å². The lowest BCUT2D eigenvalue weighted by Crippen LogP contribution is -2.35. The van der Waals surface area contributed by atoms with Crippen molar-refractivity contribution in [3.63, 3.8) is 0 Å². The predicted molar refractivity (Wildman–Crippen MR) is 113 cm³/mol. The summed E-state index contributed by atoms with van der Waals surface area (Å²) in [6.07, 6.45) is 0.772. The maximum absolute atomic E-state index is 8.58. The molecule has 29 heavy (non-hydrogen) atoms. The molecule has 0 amide bonds. The average Bonchev–Trinajstić information content (AvgIpc) is 3.09. The fourth-order valence-electron chi connectivity index (χ4n) is 3.54. The molecule has 5 nitrogen and oxygen atoms in total. The zero-order valence-corrected chi connectivity index (χ0v) is 16.8. The van der Waals surface area contributed by atoms with Crippen molar-refractivity contribution < 1.29 is 23.6 Å². The van der Waals surface area contributed by atoms with Crippen LogP contribution >= 0.6 is 12.0 Å². The molecular weight excluding hydrogens is 386 g/mol. The second-order valence-electron chi connectivity index (χ2n) is 6.75. The zero-order chi connectivity index (χ0) is 20.1. The van der Waals surface area contributed by atoms with Gasteiger partial charge in [-0.15, -0.1) is 4.33 Å². The highest BCUT2D eigenvalue weighted by Crippen LogP contribution is 2.33. The van der Waals surface area contributed by atoms with Crippen LogP contribution in [0.4, 0.5) is 0 Å². The molecule has 0 aliphatic rings. The van der Waals surface area contributed by atoms with Crippen molar-refractivity contribution in [2.24, 2.45) is 0 Å². The molecule has 4 rings (SSSR count). The van der Waals surface area contributed by atoms with E-state index in [0.717, 1.165) is 53.1 Å². The van der Waals surface area contributed by atoms with Gasteiger partial charge in [0.15, 0.2) is 6.54 Å². The number of rotatable bonds is 8. The number of aryl methyl sites for hydroxylation is 2. The van der Waals surface area contributed by atoms with Gasteiger partial charge in [-0.05, 0) is 22.8 Å². The van der Waals surface area contributed by atoms with Crippen LogP contribution in [0.3, 0.4) is 0 Å². The molecule has 6 heteroatoms. The van der Waals surface area contributed by atoms with Crippen molar-refractivity contribution in [2.45, 2.75) is 25.1 Å². The van der Waals surface area contributed by atoms with Gasteiger partial charge in [-0.3, -0.25) is 0 Å². The lowest BCUT2D eigenvalue weighted by molar-refractivity contribution is -0.683. The molecule has 0 radical (unpaired) electrons. The Bertz CT molecular complexity index is 1070. The van der Waals surface area contributed by atoms with Crippen LogP contribution in [0, 0.1) is 6.92 Å². The minimum atomic E-state index is -0.00231. The third-order valence-electron chi connectivity index (χ3n) is 4.97. The van der Waals surface area contributed by atoms with E-state index in [1.807, 2.05) is 61.5 Å². The van der Waals surface area contributed by atoms with Gasteiger partial charge in [0.1, 0.15) is 0 Å². The van der Waals surface area contributed by atoms with E-state index in [0.29, 0.717) is 0 Å². The first-order chi connectivity index (χ1) is 14.3. The van der Waals surface area contributed by atoms with E-state index in [1.54, 1.807) is 0 Å². The Hall–Kier alpha value is -2.64. The third kappa shape index (κ3) is 4.52. The molecule has 148 valence electrons. The van der Waals surface area contributed by atoms with Crippen LogP contribution in [-0.4, -0.2) is 5.26 Å². The number of nitrogens with zero attached hydrogens (tertiary/aromatic N) is 1. The molecular formula is C23H22NO4S+. The number of benzene rings is 3. The molecule has 0 bridgehead atoms. The first kappa shape index (κ1) is 19.7. The van der Waals surface area contributed by atoms with Crippen LogP contribution in [-0.2, 0) is 15.9 Å². The van der Waals surface area contributed by atoms with Gasteiger partial charge in [0.25, 0.3) is 5.52 Å². The number of fused-ring (bicyclic) bond motifs is 1. The summed E-state index contributed by atoms with van der Waals surface area (Å²) in [5.41, 5.74) is 5.34. The van der Waals surface area contributed by atoms with Gasteiger partial charge in [-0.25, -0.2) is 5.26 Å². The standard InChI is InChI=1S/C23H21NO4S/c1-17-24(15-14-23(29-28-27-25)19-10-6-3-7-11-19)21-16-20(12-13-22(21)26-17)18-8-4-2-5-9-18/h2-13,16,23H,14-15H2,1H3/p+1. The monoisotopic (exact) mass is 408 g/mol. The van der Waals surface area contributed by atoms with E-state index in [2.05, 4.69) is 33.9 Å². The minimum absolute atomic E-state index is 0.00231. The van der Waals surface area contributed by atoms with Gasteiger partial charge >= 0.3 is 5.89 Å². The fourth-order valence-corrected chi connectivity index (χ4v) is 4.14. The molecule has 1 N–H and O–H groups in total. The van der Waals surface area contributed by atoms with Crippen LogP contribution < -0.4 is 4.57 Å². The SMILES string of the molecule is Cc1oc2ccc(-c3ccccc3)cc2[n+]1CCC(SOOO)c1ccccc1. The Morgan fingerprint density at radius 3 is 2.41 bits per heavy atom. The Morgan fingerprint density at radius 1 is 0.966 bits per heavy atom. The first-order valence-electron chi connectivity index (χ1n) is 9.43. The molecule has 0 saturated heterocycles. The topological polar surface area (TPSA) is 55.7 Å². The van der Waals surface area contributed by atoms with Crippen LogP contribution in [0.5, 0.6) is 0 Å². The van der Waals surface area contributed by atoms with Crippen molar-refractivity contribution in [1.82, 2.24) is 0 Å². The summed E-state index contributed by atoms with van der Waals surface area (Å²) >= 11 is 1.09. The Kier molecular flexibility index (Phi) is 6.27. The number of aromatic nitrogens is 1. The molecule has 0 aliphatic carbocycles. The molecule has 4 aromatic rings. The van der Waals surface area contributed by atoms with Gasteiger partial charge in [0, 0.05) is 24.5 Å². The zero-order valence-electron chi connectivity index (χ0n) is 16.0. The molecule has 1 aromatic heterocycles. The number of hydrogen-bond acceptors (Lipinski definition) is 5. The number of oxazole rings is 1. The van der Waals surface area contributed by atoms with Gasteiger partial charge in [-0.2, -0.15) is 4.57 Å². The van der Waals surface area contributed by atoms with E-state index in [4.69, 9.17) is 14.0 Å². The molecule has 0 aliphatic heterocycles. The average molecular weight is 408 g/mol. The molecule has 3 aromatic carbocycles. The predicted octanol–water partition coefficient (Wildman–Crippen LogP) is 5.90. The molecule has 1 heterocycles. The van der Waals surface area contributed by atoms with E-state index in [1.165, 1.54) is 5.56 Å². The van der Waals surface area contributed by atoms with Crippen molar-refractivity contribution in [3.05, 3.63) is 90.3 Å². The minimum Gasteiger partial charge on any atom is -0.402 e. The summed E-state index contributed by atoms with van der Waals surface area (Å²) in [5.74, 6) is 0.848. The number of hydrogen-bond donors (Lipinski definition) is 1. The largest absolute Gasteiger partial charge is 0.402 e. The molecule has 1 atom stereocenters. The van der Waals surface area contributed by atoms with Gasteiger partial charge in [-0.1, -0.05) is 71.8 Å². The van der Waals surface area contributed by atoms with Crippen molar-refractivity contribution in [3.8, 4) is 11.1 Å². The van der Waals surface area contributed by atoms with Crippen molar-refractivity contribution in [1.29, 1.82) is 0 Å². The Balaban J connectivity index is 1.61. The summed E-state index contributed by atoms with van der Waals surface area (Å²) < 4.78 is 12.9. The highest BCUT2D eigenvalue weighted by atomic mass is 32.2. The van der Waals surface area contributed by atoms with E-state index < -0.39 is 0 Å². The third-order valence-corrected chi connectivity index (χ3v) is 5.85. The van der Waals surface area contributed by atoms with E-state index in [-0.39, 0.29) is 5.25 Å². The Morgan fingerprint density at radius 2 is 1.69 bits per heavy atom. The lowest BCUT2D eigenvalue weighted by atomic mass is 10.1. The summed E-state index contributed by atoms with van der Waals surface area (Å²) in [7, 11) is 0. The van der Waals surface area contributed by atoms with Crippen molar-refractivity contribution >= 4 is 23.1 Å². The molecule has 0 saturated carbocycles. The molecule has 1 unspecified atom stereocenters. The van der Waals surface area contributed by atoms with E-state index >= 15 is 0 Å². The molecule has 0 spiro atoms. The summed E-state index contributed by atoms with van der Waals surface area (Å²) in [6.45, 7) is 2.71. The Labute approximate surface area is 173 Å². The summed E-state index contributed by atoms with van der Waals surface area (Å²) in [5, 5.41) is 12.4. The smallest absolute Gasteiger partial charge is 0.344 e. The summed E-state index contributed by atoms with van der Waals surface area (Å²) in [4.78, 5) is 0. The summed E-state index contributed by atoms with van der Waals surface area (Å²) in [6, 6.07) is 26.6. The maximum atomic E-state index is 8.58. The first-order valence-corrected chi connectivity index (χ1v) is 10.2. The van der Waals surface area contributed by atoms with E-state index in [9.17, 15) is 0 Å². The highest BCUT2D eigenvalue weighted by molar-refractivity contribution is 7.94. The van der Waals surface area contributed by atoms with Crippen LogP contribution in [0.1, 0.15) is 23.1 Å². The second kappa shape index (κ2) is 9.24. The highest BCUT2D eigenvalue weighted by Gasteiger charge is 2.23. The van der Waals surface area contributed by atoms with Crippen LogP contribution in [0.2, 0.25) is 0 Å². The lowest BCUT2D eigenvalue weighted by Gasteiger charge is -2.12. The quantitative estimate of drug-likeness (QED) is 0.170.